The number of hydrogen-bond acceptors (Lipinski definition) is 4. The van der Waals surface area contributed by atoms with Crippen LogP contribution >= 0.6 is 0 Å². The van der Waals surface area contributed by atoms with E-state index in [1.54, 1.807) is 15.9 Å². The number of amides is 2. The maximum atomic E-state index is 13.1. The topological polar surface area (TPSA) is 63.0 Å². The van der Waals surface area contributed by atoms with E-state index in [1.807, 2.05) is 30.3 Å². The number of furan rings is 1. The van der Waals surface area contributed by atoms with Crippen molar-refractivity contribution >= 4 is 11.8 Å². The average Bonchev–Trinajstić information content (AvgIpc) is 3.27. The molecule has 1 aliphatic rings. The SMILES string of the molecule is O=C(c1ccc(F)cc1)N1CCN(C(=O)c2occc2COc2ccccc2)CC1. The largest absolute Gasteiger partial charge is 0.489 e. The highest BCUT2D eigenvalue weighted by Crippen LogP contribution is 2.19. The Morgan fingerprint density at radius 2 is 1.50 bits per heavy atom. The zero-order chi connectivity index (χ0) is 20.9. The van der Waals surface area contributed by atoms with Gasteiger partial charge in [0, 0.05) is 37.3 Å². The number of ether oxygens (including phenoxy) is 1. The van der Waals surface area contributed by atoms with Gasteiger partial charge in [-0.1, -0.05) is 18.2 Å². The Kier molecular flexibility index (Phi) is 5.79. The van der Waals surface area contributed by atoms with Crippen molar-refractivity contribution in [3.05, 3.63) is 89.6 Å². The van der Waals surface area contributed by atoms with Crippen molar-refractivity contribution < 1.29 is 23.1 Å². The summed E-state index contributed by atoms with van der Waals surface area (Å²) in [5.41, 5.74) is 1.11. The number of benzene rings is 2. The summed E-state index contributed by atoms with van der Waals surface area (Å²) < 4.78 is 24.2. The van der Waals surface area contributed by atoms with E-state index in [4.69, 9.17) is 9.15 Å². The van der Waals surface area contributed by atoms with Crippen molar-refractivity contribution in [3.8, 4) is 5.75 Å². The lowest BCUT2D eigenvalue weighted by Gasteiger charge is -2.34. The van der Waals surface area contributed by atoms with E-state index in [1.165, 1.54) is 30.5 Å². The molecule has 30 heavy (non-hydrogen) atoms. The first-order valence-electron chi connectivity index (χ1n) is 9.70. The smallest absolute Gasteiger partial charge is 0.290 e. The molecule has 4 rings (SSSR count). The highest BCUT2D eigenvalue weighted by molar-refractivity contribution is 5.95. The molecule has 0 aliphatic carbocycles. The number of halogens is 1. The number of nitrogens with zero attached hydrogens (tertiary/aromatic N) is 2. The molecular formula is C23H21FN2O4. The van der Waals surface area contributed by atoms with Gasteiger partial charge < -0.3 is 19.0 Å². The third-order valence-electron chi connectivity index (χ3n) is 5.02. The van der Waals surface area contributed by atoms with Crippen LogP contribution in [0.15, 0.2) is 71.3 Å². The second-order valence-corrected chi connectivity index (χ2v) is 6.97. The molecule has 1 aromatic heterocycles. The summed E-state index contributed by atoms with van der Waals surface area (Å²) >= 11 is 0. The number of hydrogen-bond donors (Lipinski definition) is 0. The summed E-state index contributed by atoms with van der Waals surface area (Å²) in [4.78, 5) is 28.8. The third-order valence-corrected chi connectivity index (χ3v) is 5.02. The zero-order valence-electron chi connectivity index (χ0n) is 16.3. The Balaban J connectivity index is 1.35. The number of para-hydroxylation sites is 1. The molecule has 0 radical (unpaired) electrons. The van der Waals surface area contributed by atoms with Gasteiger partial charge in [0.2, 0.25) is 0 Å². The average molecular weight is 408 g/mol. The molecule has 6 nitrogen and oxygen atoms in total. The Hall–Kier alpha value is -3.61. The van der Waals surface area contributed by atoms with Gasteiger partial charge in [-0.2, -0.15) is 0 Å². The fourth-order valence-corrected chi connectivity index (χ4v) is 3.35. The summed E-state index contributed by atoms with van der Waals surface area (Å²) in [6.45, 7) is 1.82. The summed E-state index contributed by atoms with van der Waals surface area (Å²) in [5, 5.41) is 0. The third kappa shape index (κ3) is 4.35. The van der Waals surface area contributed by atoms with Crippen molar-refractivity contribution in [2.45, 2.75) is 6.61 Å². The quantitative estimate of drug-likeness (QED) is 0.647. The molecule has 1 saturated heterocycles. The fourth-order valence-electron chi connectivity index (χ4n) is 3.35. The maximum Gasteiger partial charge on any atom is 0.290 e. The Bertz CT molecular complexity index is 1010. The van der Waals surface area contributed by atoms with Gasteiger partial charge >= 0.3 is 0 Å². The lowest BCUT2D eigenvalue weighted by atomic mass is 10.1. The zero-order valence-corrected chi connectivity index (χ0v) is 16.3. The molecule has 0 saturated carbocycles. The predicted molar refractivity (Wildman–Crippen MR) is 108 cm³/mol. The Labute approximate surface area is 173 Å². The molecule has 2 amide bonds. The highest BCUT2D eigenvalue weighted by atomic mass is 19.1. The summed E-state index contributed by atoms with van der Waals surface area (Å²) in [7, 11) is 0. The minimum atomic E-state index is -0.382. The fraction of sp³-hybridized carbons (Fsp3) is 0.217. The van der Waals surface area contributed by atoms with E-state index >= 15 is 0 Å². The van der Waals surface area contributed by atoms with Gasteiger partial charge in [-0.3, -0.25) is 9.59 Å². The van der Waals surface area contributed by atoms with Crippen LogP contribution in [0.5, 0.6) is 5.75 Å². The van der Waals surface area contributed by atoms with Crippen molar-refractivity contribution in [2.24, 2.45) is 0 Å². The molecule has 7 heteroatoms. The first-order valence-corrected chi connectivity index (χ1v) is 9.70. The maximum absolute atomic E-state index is 13.1. The lowest BCUT2D eigenvalue weighted by molar-refractivity contribution is 0.0516. The minimum Gasteiger partial charge on any atom is -0.489 e. The number of piperazine rings is 1. The van der Waals surface area contributed by atoms with Gasteiger partial charge in [0.25, 0.3) is 11.8 Å². The van der Waals surface area contributed by atoms with Crippen molar-refractivity contribution in [1.82, 2.24) is 9.80 Å². The van der Waals surface area contributed by atoms with E-state index in [0.717, 1.165) is 0 Å². The van der Waals surface area contributed by atoms with E-state index in [9.17, 15) is 14.0 Å². The van der Waals surface area contributed by atoms with Crippen LogP contribution in [-0.2, 0) is 6.61 Å². The van der Waals surface area contributed by atoms with E-state index in [0.29, 0.717) is 43.1 Å². The first kappa shape index (κ1) is 19.7. The van der Waals surface area contributed by atoms with Crippen LogP contribution in [0.1, 0.15) is 26.5 Å². The molecule has 0 spiro atoms. The van der Waals surface area contributed by atoms with E-state index in [-0.39, 0.29) is 30.0 Å². The minimum absolute atomic E-state index is 0.169. The number of carbonyl (C=O) groups excluding carboxylic acids is 2. The van der Waals surface area contributed by atoms with Gasteiger partial charge in [0.15, 0.2) is 5.76 Å². The van der Waals surface area contributed by atoms with Gasteiger partial charge in [0.1, 0.15) is 18.2 Å². The van der Waals surface area contributed by atoms with Gasteiger partial charge in [-0.25, -0.2) is 4.39 Å². The summed E-state index contributed by atoms with van der Waals surface area (Å²) in [6.07, 6.45) is 1.48. The molecule has 2 heterocycles. The Morgan fingerprint density at radius 3 is 2.17 bits per heavy atom. The van der Waals surface area contributed by atoms with Gasteiger partial charge in [0.05, 0.1) is 6.26 Å². The molecule has 2 aromatic carbocycles. The molecule has 1 aliphatic heterocycles. The van der Waals surface area contributed by atoms with E-state index < -0.39 is 0 Å². The molecule has 1 fully saturated rings. The summed E-state index contributed by atoms with van der Waals surface area (Å²) in [5.74, 6) is 0.194. The predicted octanol–water partition coefficient (Wildman–Crippen LogP) is 3.60. The van der Waals surface area contributed by atoms with Crippen molar-refractivity contribution in [3.63, 3.8) is 0 Å². The van der Waals surface area contributed by atoms with Crippen LogP contribution in [0.25, 0.3) is 0 Å². The molecule has 154 valence electrons. The van der Waals surface area contributed by atoms with Crippen LogP contribution in [0.2, 0.25) is 0 Å². The van der Waals surface area contributed by atoms with Crippen LogP contribution < -0.4 is 4.74 Å². The Morgan fingerprint density at radius 1 is 0.867 bits per heavy atom. The second kappa shape index (κ2) is 8.82. The molecule has 0 unspecified atom stereocenters. The first-order chi connectivity index (χ1) is 14.6. The van der Waals surface area contributed by atoms with Crippen molar-refractivity contribution in [2.75, 3.05) is 26.2 Å². The van der Waals surface area contributed by atoms with Gasteiger partial charge in [-0.05, 0) is 42.5 Å². The van der Waals surface area contributed by atoms with Crippen LogP contribution in [0.4, 0.5) is 4.39 Å². The second-order valence-electron chi connectivity index (χ2n) is 6.97. The number of carbonyl (C=O) groups is 2. The van der Waals surface area contributed by atoms with Crippen LogP contribution in [0.3, 0.4) is 0 Å². The molecule has 0 bridgehead atoms. The molecular weight excluding hydrogens is 387 g/mol. The monoisotopic (exact) mass is 408 g/mol. The molecule has 3 aromatic rings. The van der Waals surface area contributed by atoms with Gasteiger partial charge in [-0.15, -0.1) is 0 Å². The van der Waals surface area contributed by atoms with Crippen LogP contribution in [-0.4, -0.2) is 47.8 Å². The molecule has 0 atom stereocenters. The van der Waals surface area contributed by atoms with Crippen LogP contribution in [0, 0.1) is 5.82 Å². The van der Waals surface area contributed by atoms with E-state index in [2.05, 4.69) is 0 Å². The summed E-state index contributed by atoms with van der Waals surface area (Å²) in [6, 6.07) is 16.6. The number of rotatable bonds is 5. The standard InChI is InChI=1S/C23H21FN2O4/c24-19-8-6-17(7-9-19)22(27)25-11-13-26(14-12-25)23(28)21-18(10-15-29-21)16-30-20-4-2-1-3-5-20/h1-10,15H,11-14,16H2. The molecule has 0 N–H and O–H groups in total. The van der Waals surface area contributed by atoms with Crippen molar-refractivity contribution in [1.29, 1.82) is 0 Å². The normalized spacial score (nSPS) is 13.9. The lowest BCUT2D eigenvalue weighted by Crippen LogP contribution is -2.50. The highest BCUT2D eigenvalue weighted by Gasteiger charge is 2.28.